The van der Waals surface area contributed by atoms with Crippen molar-refractivity contribution in [2.75, 3.05) is 11.5 Å². The molecule has 0 saturated carbocycles. The summed E-state index contributed by atoms with van der Waals surface area (Å²) in [5.41, 5.74) is 0.828. The number of fused-ring (bicyclic) bond motifs is 1. The fourth-order valence-corrected chi connectivity index (χ4v) is 3.65. The van der Waals surface area contributed by atoms with E-state index in [1.807, 2.05) is 31.2 Å². The Hall–Kier alpha value is -1.51. The normalized spacial score (nSPS) is 21.0. The van der Waals surface area contributed by atoms with Crippen molar-refractivity contribution in [1.82, 2.24) is 0 Å². The van der Waals surface area contributed by atoms with Crippen molar-refractivity contribution >= 4 is 63.5 Å². The topological polar surface area (TPSA) is 54.3 Å². The van der Waals surface area contributed by atoms with Crippen LogP contribution in [0.3, 0.4) is 0 Å². The number of rotatable bonds is 3. The van der Waals surface area contributed by atoms with Gasteiger partial charge < -0.3 is 17.4 Å². The van der Waals surface area contributed by atoms with Gasteiger partial charge in [-0.1, -0.05) is 24.0 Å². The molecule has 1 aromatic carbocycles. The number of amides is 1. The minimum atomic E-state index is -0.490. The highest BCUT2D eigenvalue weighted by Crippen LogP contribution is 2.35. The lowest BCUT2D eigenvalue weighted by Crippen LogP contribution is -2.37. The van der Waals surface area contributed by atoms with E-state index < -0.39 is 5.25 Å². The second-order valence-corrected chi connectivity index (χ2v) is 6.33. The Morgan fingerprint density at radius 3 is 2.76 bits per heavy atom. The van der Waals surface area contributed by atoms with Gasteiger partial charge in [0.1, 0.15) is 15.9 Å². The monoisotopic (exact) mass is 336 g/mol. The van der Waals surface area contributed by atoms with Gasteiger partial charge in [0.15, 0.2) is 5.25 Å². The number of carbonyl (C=O) groups excluding carboxylic acids is 1. The van der Waals surface area contributed by atoms with Crippen molar-refractivity contribution in [2.24, 2.45) is 9.98 Å². The van der Waals surface area contributed by atoms with Crippen molar-refractivity contribution < 1.29 is 9.53 Å². The molecule has 1 fully saturated rings. The summed E-state index contributed by atoms with van der Waals surface area (Å²) in [6.45, 7) is 2.54. The molecule has 0 aliphatic carbocycles. The summed E-state index contributed by atoms with van der Waals surface area (Å²) < 4.78 is 5.98. The third kappa shape index (κ3) is 2.66. The third-order valence-corrected chi connectivity index (χ3v) is 4.60. The van der Waals surface area contributed by atoms with Crippen LogP contribution in [0.4, 0.5) is 5.69 Å². The third-order valence-electron chi connectivity index (χ3n) is 2.91. The van der Waals surface area contributed by atoms with Crippen LogP contribution in [0.1, 0.15) is 6.92 Å². The molecule has 5 nitrogen and oxygen atoms in total. The zero-order valence-electron chi connectivity index (χ0n) is 11.0. The number of anilines is 1. The minimum Gasteiger partial charge on any atom is -0.740 e. The second-order valence-electron chi connectivity index (χ2n) is 4.23. The highest BCUT2D eigenvalue weighted by Gasteiger charge is 2.41. The smallest absolute Gasteiger partial charge is 0.266 e. The van der Waals surface area contributed by atoms with Crippen molar-refractivity contribution in [3.8, 4) is 5.75 Å². The average molecular weight is 336 g/mol. The molecule has 2 aliphatic heterocycles. The number of thiocarbonyl (C=S) groups is 1. The Bertz CT molecular complexity index is 670. The first kappa shape index (κ1) is 14.4. The van der Waals surface area contributed by atoms with Gasteiger partial charge in [0, 0.05) is 10.9 Å². The number of thioether (sulfide) groups is 1. The summed E-state index contributed by atoms with van der Waals surface area (Å²) in [6, 6.07) is 7.46. The van der Waals surface area contributed by atoms with Gasteiger partial charge in [-0.05, 0) is 31.2 Å². The van der Waals surface area contributed by atoms with Crippen LogP contribution in [0.2, 0.25) is 0 Å². The lowest BCUT2D eigenvalue weighted by molar-refractivity contribution is -0.116. The maximum absolute atomic E-state index is 11.9. The largest absolute Gasteiger partial charge is 0.740 e. The summed E-state index contributed by atoms with van der Waals surface area (Å²) in [5.74, 6) is 1.02. The summed E-state index contributed by atoms with van der Waals surface area (Å²) in [4.78, 5) is 21.6. The van der Waals surface area contributed by atoms with Crippen molar-refractivity contribution in [3.05, 3.63) is 24.3 Å². The van der Waals surface area contributed by atoms with Crippen LogP contribution < -0.4 is 9.64 Å². The molecule has 0 aromatic heterocycles. The molecule has 0 spiro atoms. The number of benzene rings is 1. The van der Waals surface area contributed by atoms with Crippen LogP contribution >= 0.6 is 24.0 Å². The number of ether oxygens (including phenoxy) is 1. The van der Waals surface area contributed by atoms with E-state index in [-0.39, 0.29) is 11.1 Å². The van der Waals surface area contributed by atoms with Gasteiger partial charge in [-0.3, -0.25) is 9.69 Å². The molecule has 2 heterocycles. The van der Waals surface area contributed by atoms with Crippen LogP contribution in [0.5, 0.6) is 5.75 Å². The van der Waals surface area contributed by atoms with Crippen molar-refractivity contribution in [2.45, 2.75) is 12.2 Å². The van der Waals surface area contributed by atoms with Gasteiger partial charge in [-0.2, -0.15) is 0 Å². The van der Waals surface area contributed by atoms with Crippen LogP contribution in [-0.2, 0) is 17.4 Å². The van der Waals surface area contributed by atoms with E-state index in [0.29, 0.717) is 16.8 Å². The fraction of sp³-hybridized carbons (Fsp3) is 0.231. The first-order chi connectivity index (χ1) is 10.1. The molecule has 8 heteroatoms. The molecule has 2 aliphatic rings. The SMILES string of the molecule is CCOc1ccc(N2C(=S)SC3C(=O)N=C([S-])N=C32)cc1. The van der Waals surface area contributed by atoms with Crippen LogP contribution in [0, 0.1) is 0 Å². The molecule has 0 N–H and O–H groups in total. The first-order valence-electron chi connectivity index (χ1n) is 6.22. The first-order valence-corrected chi connectivity index (χ1v) is 7.91. The maximum Gasteiger partial charge on any atom is 0.266 e. The van der Waals surface area contributed by atoms with Gasteiger partial charge >= 0.3 is 0 Å². The average Bonchev–Trinajstić information content (AvgIpc) is 2.77. The Balaban J connectivity index is 1.95. The van der Waals surface area contributed by atoms with E-state index in [0.717, 1.165) is 11.4 Å². The fourth-order valence-electron chi connectivity index (χ4n) is 2.06. The molecule has 0 bridgehead atoms. The lowest BCUT2D eigenvalue weighted by atomic mass is 10.2. The molecule has 1 amide bonds. The van der Waals surface area contributed by atoms with Crippen molar-refractivity contribution in [1.29, 1.82) is 0 Å². The molecule has 3 rings (SSSR count). The number of nitrogens with zero attached hydrogens (tertiary/aromatic N) is 3. The minimum absolute atomic E-state index is 0.0486. The van der Waals surface area contributed by atoms with Gasteiger partial charge in [0.25, 0.3) is 5.91 Å². The number of carbonyl (C=O) groups is 1. The van der Waals surface area contributed by atoms with Crippen LogP contribution in [-0.4, -0.2) is 33.1 Å². The van der Waals surface area contributed by atoms with Crippen molar-refractivity contribution in [3.63, 3.8) is 0 Å². The van der Waals surface area contributed by atoms with Gasteiger partial charge in [-0.15, -0.1) is 0 Å². The van der Waals surface area contributed by atoms with Gasteiger partial charge in [0.05, 0.1) is 6.61 Å². The highest BCUT2D eigenvalue weighted by molar-refractivity contribution is 8.25. The van der Waals surface area contributed by atoms with Crippen LogP contribution in [0.15, 0.2) is 34.3 Å². The molecule has 1 atom stereocenters. The standard InChI is InChI=1S/C13H11N3O2S3/c1-2-18-8-5-3-7(4-6-8)16-10-9(21-13(16)20)11(17)15-12(19)14-10/h3-6,9H,2H2,1H3,(H,15,17,19)/p-1. The van der Waals surface area contributed by atoms with E-state index in [9.17, 15) is 4.79 Å². The molecular formula is C13H10N3O2S3-. The predicted molar refractivity (Wildman–Crippen MR) is 91.3 cm³/mol. The molecule has 21 heavy (non-hydrogen) atoms. The van der Waals surface area contributed by atoms with Crippen LogP contribution in [0.25, 0.3) is 0 Å². The summed E-state index contributed by atoms with van der Waals surface area (Å²) in [5, 5.41) is -0.441. The lowest BCUT2D eigenvalue weighted by Gasteiger charge is -2.22. The quantitative estimate of drug-likeness (QED) is 0.623. The highest BCUT2D eigenvalue weighted by atomic mass is 32.2. The van der Waals surface area contributed by atoms with Gasteiger partial charge in [-0.25, -0.2) is 9.98 Å². The molecule has 1 saturated heterocycles. The second kappa shape index (κ2) is 5.70. The Morgan fingerprint density at radius 1 is 1.38 bits per heavy atom. The number of hydrogen-bond donors (Lipinski definition) is 0. The number of aliphatic imine (C=N–C) groups is 2. The summed E-state index contributed by atoms with van der Waals surface area (Å²) in [6.07, 6.45) is 0. The Kier molecular flexibility index (Phi) is 3.92. The number of amidine groups is 2. The summed E-state index contributed by atoms with van der Waals surface area (Å²) in [7, 11) is 0. The molecule has 1 unspecified atom stereocenters. The molecule has 0 radical (unpaired) electrons. The molecular weight excluding hydrogens is 326 g/mol. The zero-order chi connectivity index (χ0) is 15.0. The molecule has 108 valence electrons. The van der Waals surface area contributed by atoms with E-state index in [1.54, 1.807) is 4.90 Å². The van der Waals surface area contributed by atoms with E-state index in [1.165, 1.54) is 11.8 Å². The van der Waals surface area contributed by atoms with E-state index in [2.05, 4.69) is 9.98 Å². The Morgan fingerprint density at radius 2 is 2.10 bits per heavy atom. The van der Waals surface area contributed by atoms with E-state index in [4.69, 9.17) is 29.6 Å². The predicted octanol–water partition coefficient (Wildman–Crippen LogP) is 2.13. The summed E-state index contributed by atoms with van der Waals surface area (Å²) >= 11 is 11.6. The van der Waals surface area contributed by atoms with E-state index >= 15 is 0 Å². The number of hydrogen-bond acceptors (Lipinski definition) is 6. The van der Waals surface area contributed by atoms with Gasteiger partial charge in [0.2, 0.25) is 0 Å². The zero-order valence-corrected chi connectivity index (χ0v) is 13.4. The Labute approximate surface area is 136 Å². The maximum atomic E-state index is 11.9. The molecule has 1 aromatic rings.